The summed E-state index contributed by atoms with van der Waals surface area (Å²) in [6, 6.07) is 33.0. The lowest BCUT2D eigenvalue weighted by atomic mass is 9.88. The van der Waals surface area contributed by atoms with Crippen LogP contribution in [0.1, 0.15) is 101 Å². The Kier molecular flexibility index (Phi) is 7.86. The fourth-order valence-electron chi connectivity index (χ4n) is 7.55. The lowest BCUT2D eigenvalue weighted by Crippen LogP contribution is -2.16. The molecular formula is C44H44N2O2. The number of rotatable bonds is 6. The highest BCUT2D eigenvalue weighted by molar-refractivity contribution is 6.05. The number of benzene rings is 5. The van der Waals surface area contributed by atoms with Crippen molar-refractivity contribution in [3.05, 3.63) is 140 Å². The summed E-state index contributed by atoms with van der Waals surface area (Å²) in [6.45, 7) is 17.6. The Morgan fingerprint density at radius 1 is 0.375 bits per heavy atom. The molecule has 0 N–H and O–H groups in total. The Morgan fingerprint density at radius 3 is 0.958 bits per heavy atom. The molecule has 0 unspecified atom stereocenters. The monoisotopic (exact) mass is 632 g/mol. The van der Waals surface area contributed by atoms with Crippen molar-refractivity contribution in [2.45, 2.75) is 79.1 Å². The number of fused-ring (bicyclic) bond motifs is 4. The van der Waals surface area contributed by atoms with Gasteiger partial charge in [-0.25, -0.2) is 0 Å². The smallest absolute Gasteiger partial charge is 0.197 e. The first-order valence-electron chi connectivity index (χ1n) is 17.3. The van der Waals surface area contributed by atoms with Crippen LogP contribution in [0.3, 0.4) is 0 Å². The second-order valence-corrected chi connectivity index (χ2v) is 14.5. The van der Waals surface area contributed by atoms with E-state index in [1.807, 2.05) is 48.5 Å². The first-order chi connectivity index (χ1) is 23.0. The fraction of sp³-hybridized carbons (Fsp3) is 0.273. The first kappa shape index (κ1) is 31.6. The van der Waals surface area contributed by atoms with Gasteiger partial charge >= 0.3 is 0 Å². The van der Waals surface area contributed by atoms with Gasteiger partial charge in [-0.2, -0.15) is 0 Å². The van der Waals surface area contributed by atoms with Crippen LogP contribution in [0.5, 0.6) is 0 Å². The van der Waals surface area contributed by atoms with Crippen molar-refractivity contribution < 1.29 is 0 Å². The zero-order chi connectivity index (χ0) is 34.0. The minimum absolute atomic E-state index is 0.0172. The topological polar surface area (TPSA) is 44.0 Å². The minimum Gasteiger partial charge on any atom is -0.309 e. The highest BCUT2D eigenvalue weighted by atomic mass is 16.1. The van der Waals surface area contributed by atoms with Crippen molar-refractivity contribution in [2.24, 2.45) is 0 Å². The number of hydrogen-bond acceptors (Lipinski definition) is 2. The largest absolute Gasteiger partial charge is 0.309 e. The molecule has 0 atom stereocenters. The molecule has 7 rings (SSSR count). The standard InChI is InChI=1S/C44H44N2O2/c1-25(2)31-19-35-39(21-33(31)27(5)6)45(29-15-11-9-12-16-29)41-24-38-42(23-37(41)43(35)47)46(30-17-13-10-14-18-30)40-22-34(28(7)8)32(26(3)4)20-36(40)44(38)48/h9-28H,1-8H3. The third-order valence-electron chi connectivity index (χ3n) is 9.98. The zero-order valence-corrected chi connectivity index (χ0v) is 29.3. The molecule has 0 fully saturated rings. The number of nitrogens with zero attached hydrogens (tertiary/aromatic N) is 2. The van der Waals surface area contributed by atoms with Crippen molar-refractivity contribution in [1.82, 2.24) is 9.13 Å². The van der Waals surface area contributed by atoms with Crippen molar-refractivity contribution in [1.29, 1.82) is 0 Å². The van der Waals surface area contributed by atoms with Gasteiger partial charge in [0.1, 0.15) is 0 Å². The third kappa shape index (κ3) is 4.97. The number of para-hydroxylation sites is 2. The Hall–Kier alpha value is -4.96. The van der Waals surface area contributed by atoms with E-state index in [9.17, 15) is 9.59 Å². The van der Waals surface area contributed by atoms with Crippen LogP contribution in [0.15, 0.2) is 107 Å². The molecule has 0 bridgehead atoms. The van der Waals surface area contributed by atoms with Gasteiger partial charge < -0.3 is 9.13 Å². The summed E-state index contributed by atoms with van der Waals surface area (Å²) in [5.41, 5.74) is 9.92. The van der Waals surface area contributed by atoms with E-state index in [1.54, 1.807) is 0 Å². The molecular weight excluding hydrogens is 588 g/mol. The molecule has 4 nitrogen and oxygen atoms in total. The van der Waals surface area contributed by atoms with Crippen molar-refractivity contribution in [3.63, 3.8) is 0 Å². The highest BCUT2D eigenvalue weighted by Gasteiger charge is 2.22. The summed E-state index contributed by atoms with van der Waals surface area (Å²) >= 11 is 0. The Labute approximate surface area is 282 Å². The molecule has 0 amide bonds. The number of pyridine rings is 2. The summed E-state index contributed by atoms with van der Waals surface area (Å²) in [5.74, 6) is 1.11. The molecule has 242 valence electrons. The zero-order valence-electron chi connectivity index (χ0n) is 29.3. The normalized spacial score (nSPS) is 12.2. The van der Waals surface area contributed by atoms with Crippen LogP contribution in [-0.4, -0.2) is 9.13 Å². The maximum absolute atomic E-state index is 14.7. The number of aromatic nitrogens is 2. The molecule has 0 saturated carbocycles. The second kappa shape index (κ2) is 11.9. The van der Waals surface area contributed by atoms with Crippen LogP contribution in [0.4, 0.5) is 0 Å². The van der Waals surface area contributed by atoms with Crippen molar-refractivity contribution in [2.75, 3.05) is 0 Å². The SMILES string of the molecule is CC(C)c1cc2c(=O)c3cc4c(cc3n(-c3ccccc3)c2cc1C(C)C)c(=O)c1cc(C(C)C)c(C(C)C)cc1n4-c1ccccc1. The Bertz CT molecular complexity index is 2310. The van der Waals surface area contributed by atoms with E-state index in [0.717, 1.165) is 33.4 Å². The molecule has 7 aromatic rings. The van der Waals surface area contributed by atoms with Gasteiger partial charge in [0.2, 0.25) is 0 Å². The Morgan fingerprint density at radius 2 is 0.646 bits per heavy atom. The average molecular weight is 633 g/mol. The van der Waals surface area contributed by atoms with Gasteiger partial charge in [-0.3, -0.25) is 9.59 Å². The molecule has 0 spiro atoms. The maximum atomic E-state index is 14.7. The van der Waals surface area contributed by atoms with Gasteiger partial charge in [0, 0.05) is 32.9 Å². The summed E-state index contributed by atoms with van der Waals surface area (Å²) in [5, 5.41) is 2.57. The molecule has 0 aliphatic heterocycles. The molecule has 5 aromatic carbocycles. The van der Waals surface area contributed by atoms with Gasteiger partial charge in [0.05, 0.1) is 22.1 Å². The van der Waals surface area contributed by atoms with Crippen LogP contribution in [-0.2, 0) is 0 Å². The van der Waals surface area contributed by atoms with Gasteiger partial charge in [-0.15, -0.1) is 0 Å². The van der Waals surface area contributed by atoms with E-state index in [-0.39, 0.29) is 34.5 Å². The average Bonchev–Trinajstić information content (AvgIpc) is 3.08. The molecule has 48 heavy (non-hydrogen) atoms. The molecule has 0 saturated heterocycles. The van der Waals surface area contributed by atoms with Gasteiger partial charge in [-0.05, 0) is 107 Å². The van der Waals surface area contributed by atoms with Gasteiger partial charge in [0.15, 0.2) is 10.9 Å². The molecule has 0 aliphatic rings. The molecule has 2 heterocycles. The van der Waals surface area contributed by atoms with Crippen LogP contribution in [0, 0.1) is 0 Å². The fourth-order valence-corrected chi connectivity index (χ4v) is 7.55. The molecule has 0 radical (unpaired) electrons. The quantitative estimate of drug-likeness (QED) is 0.171. The lowest BCUT2D eigenvalue weighted by molar-refractivity contribution is 0.792. The third-order valence-corrected chi connectivity index (χ3v) is 9.98. The van der Waals surface area contributed by atoms with E-state index < -0.39 is 0 Å². The predicted molar refractivity (Wildman–Crippen MR) is 204 cm³/mol. The van der Waals surface area contributed by atoms with E-state index in [2.05, 4.69) is 113 Å². The van der Waals surface area contributed by atoms with Crippen LogP contribution >= 0.6 is 0 Å². The summed E-state index contributed by atoms with van der Waals surface area (Å²) < 4.78 is 4.36. The minimum atomic E-state index is -0.0172. The molecule has 2 aromatic heterocycles. The predicted octanol–water partition coefficient (Wildman–Crippen LogP) is 11.1. The molecule has 4 heteroatoms. The van der Waals surface area contributed by atoms with E-state index in [1.165, 1.54) is 22.3 Å². The highest BCUT2D eigenvalue weighted by Crippen LogP contribution is 2.36. The van der Waals surface area contributed by atoms with Crippen molar-refractivity contribution in [3.8, 4) is 11.4 Å². The Balaban J connectivity index is 1.75. The van der Waals surface area contributed by atoms with Crippen LogP contribution in [0.2, 0.25) is 0 Å². The summed E-state index contributed by atoms with van der Waals surface area (Å²) in [7, 11) is 0. The van der Waals surface area contributed by atoms with E-state index >= 15 is 0 Å². The first-order valence-corrected chi connectivity index (χ1v) is 17.3. The van der Waals surface area contributed by atoms with Crippen LogP contribution in [0.25, 0.3) is 55.0 Å². The van der Waals surface area contributed by atoms with E-state index in [4.69, 9.17) is 0 Å². The lowest BCUT2D eigenvalue weighted by Gasteiger charge is -2.23. The molecule has 0 aliphatic carbocycles. The maximum Gasteiger partial charge on any atom is 0.197 e. The van der Waals surface area contributed by atoms with Crippen molar-refractivity contribution >= 4 is 43.6 Å². The second-order valence-electron chi connectivity index (χ2n) is 14.5. The van der Waals surface area contributed by atoms with Crippen LogP contribution < -0.4 is 10.9 Å². The van der Waals surface area contributed by atoms with E-state index in [0.29, 0.717) is 21.5 Å². The summed E-state index contributed by atoms with van der Waals surface area (Å²) in [4.78, 5) is 29.5. The van der Waals surface area contributed by atoms with Gasteiger partial charge in [-0.1, -0.05) is 91.8 Å². The number of hydrogen-bond donors (Lipinski definition) is 0. The van der Waals surface area contributed by atoms with Gasteiger partial charge in [0.25, 0.3) is 0 Å². The summed E-state index contributed by atoms with van der Waals surface area (Å²) in [6.07, 6.45) is 0.